The molecule has 0 spiro atoms. The molecule has 0 saturated heterocycles. The van der Waals surface area contributed by atoms with E-state index in [0.29, 0.717) is 6.54 Å². The van der Waals surface area contributed by atoms with E-state index in [4.69, 9.17) is 0 Å². The van der Waals surface area contributed by atoms with E-state index in [1.165, 1.54) is 7.11 Å². The topological polar surface area (TPSA) is 62.7 Å². The average Bonchev–Trinajstić information content (AvgIpc) is 2.22. The molecule has 5 heteroatoms. The van der Waals surface area contributed by atoms with Crippen LogP contribution >= 0.6 is 0 Å². The van der Waals surface area contributed by atoms with Crippen LogP contribution in [-0.2, 0) is 9.53 Å². The van der Waals surface area contributed by atoms with Gasteiger partial charge in [0, 0.05) is 12.1 Å². The van der Waals surface area contributed by atoms with Crippen LogP contribution in [0.1, 0.15) is 34.6 Å². The van der Waals surface area contributed by atoms with Gasteiger partial charge in [0.15, 0.2) is 5.96 Å². The van der Waals surface area contributed by atoms with Crippen molar-refractivity contribution >= 4 is 11.9 Å². The van der Waals surface area contributed by atoms with Gasteiger partial charge in [0.05, 0.1) is 19.6 Å². The summed E-state index contributed by atoms with van der Waals surface area (Å²) in [5, 5.41) is 6.39. The van der Waals surface area contributed by atoms with Gasteiger partial charge in [-0.3, -0.25) is 9.79 Å². The maximum absolute atomic E-state index is 11.2. The van der Waals surface area contributed by atoms with Crippen molar-refractivity contribution in [2.24, 2.45) is 10.9 Å². The molecule has 0 aromatic heterocycles. The van der Waals surface area contributed by atoms with Gasteiger partial charge in [0.25, 0.3) is 0 Å². The number of guanidine groups is 1. The number of nitrogens with one attached hydrogen (secondary N) is 2. The summed E-state index contributed by atoms with van der Waals surface area (Å²) >= 11 is 0. The molecule has 0 amide bonds. The Labute approximate surface area is 104 Å². The van der Waals surface area contributed by atoms with Crippen LogP contribution in [0, 0.1) is 5.92 Å². The standard InChI is InChI=1S/C12H25N3O2/c1-7-13-11(15-12(3,4)5)14-8-9(2)10(16)17-6/h9H,7-8H2,1-6H3,(H2,13,14,15). The van der Waals surface area contributed by atoms with Crippen molar-refractivity contribution in [2.45, 2.75) is 40.2 Å². The van der Waals surface area contributed by atoms with Crippen molar-refractivity contribution in [1.82, 2.24) is 10.6 Å². The van der Waals surface area contributed by atoms with E-state index in [9.17, 15) is 4.79 Å². The molecule has 100 valence electrons. The van der Waals surface area contributed by atoms with E-state index in [-0.39, 0.29) is 17.4 Å². The number of rotatable bonds is 4. The van der Waals surface area contributed by atoms with Crippen LogP contribution in [0.4, 0.5) is 0 Å². The molecule has 0 radical (unpaired) electrons. The lowest BCUT2D eigenvalue weighted by Crippen LogP contribution is -2.47. The van der Waals surface area contributed by atoms with Crippen LogP contribution in [-0.4, -0.2) is 37.7 Å². The molecule has 17 heavy (non-hydrogen) atoms. The smallest absolute Gasteiger partial charge is 0.310 e. The number of ether oxygens (including phenoxy) is 1. The number of nitrogens with zero attached hydrogens (tertiary/aromatic N) is 1. The summed E-state index contributed by atoms with van der Waals surface area (Å²) in [7, 11) is 1.39. The normalized spacial score (nSPS) is 14.1. The number of carbonyl (C=O) groups excluding carboxylic acids is 1. The summed E-state index contributed by atoms with van der Waals surface area (Å²) in [5.41, 5.74) is -0.0600. The molecule has 0 aromatic carbocycles. The minimum atomic E-state index is -0.236. The lowest BCUT2D eigenvalue weighted by molar-refractivity contribution is -0.144. The maximum atomic E-state index is 11.2. The van der Waals surface area contributed by atoms with Gasteiger partial charge in [0.1, 0.15) is 0 Å². The fraction of sp³-hybridized carbons (Fsp3) is 0.833. The summed E-state index contributed by atoms with van der Waals surface area (Å²) in [6.07, 6.45) is 0. The van der Waals surface area contributed by atoms with Gasteiger partial charge in [-0.25, -0.2) is 0 Å². The van der Waals surface area contributed by atoms with E-state index in [0.717, 1.165) is 12.5 Å². The van der Waals surface area contributed by atoms with Crippen LogP contribution in [0.15, 0.2) is 4.99 Å². The molecule has 0 rings (SSSR count). The highest BCUT2D eigenvalue weighted by atomic mass is 16.5. The van der Waals surface area contributed by atoms with Gasteiger partial charge in [-0.2, -0.15) is 0 Å². The highest BCUT2D eigenvalue weighted by molar-refractivity contribution is 5.81. The first kappa shape index (κ1) is 15.7. The van der Waals surface area contributed by atoms with Crippen molar-refractivity contribution in [2.75, 3.05) is 20.2 Å². The third-order valence-electron chi connectivity index (χ3n) is 1.96. The first-order valence-corrected chi connectivity index (χ1v) is 5.94. The average molecular weight is 243 g/mol. The molecule has 0 fully saturated rings. The van der Waals surface area contributed by atoms with Gasteiger partial charge >= 0.3 is 5.97 Å². The summed E-state index contributed by atoms with van der Waals surface area (Å²) in [6.45, 7) is 11.2. The number of methoxy groups -OCH3 is 1. The van der Waals surface area contributed by atoms with Crippen LogP contribution in [0.5, 0.6) is 0 Å². The summed E-state index contributed by atoms with van der Waals surface area (Å²) in [4.78, 5) is 15.6. The second-order valence-corrected chi connectivity index (χ2v) is 5.02. The molecule has 0 heterocycles. The molecule has 0 aliphatic carbocycles. The first-order valence-electron chi connectivity index (χ1n) is 5.94. The maximum Gasteiger partial charge on any atom is 0.310 e. The summed E-state index contributed by atoms with van der Waals surface area (Å²) in [6, 6.07) is 0. The van der Waals surface area contributed by atoms with Crippen LogP contribution in [0.25, 0.3) is 0 Å². The zero-order valence-corrected chi connectivity index (χ0v) is 11.8. The van der Waals surface area contributed by atoms with Crippen molar-refractivity contribution in [1.29, 1.82) is 0 Å². The molecular weight excluding hydrogens is 218 g/mol. The number of aliphatic imine (C=N–C) groups is 1. The Morgan fingerprint density at radius 2 is 2.00 bits per heavy atom. The van der Waals surface area contributed by atoms with Crippen LogP contribution in [0.2, 0.25) is 0 Å². The van der Waals surface area contributed by atoms with Crippen LogP contribution in [0.3, 0.4) is 0 Å². The molecule has 0 aliphatic heterocycles. The van der Waals surface area contributed by atoms with E-state index < -0.39 is 0 Å². The Morgan fingerprint density at radius 3 is 2.41 bits per heavy atom. The Kier molecular flexibility index (Phi) is 6.61. The second kappa shape index (κ2) is 7.14. The first-order chi connectivity index (χ1) is 7.80. The predicted molar refractivity (Wildman–Crippen MR) is 70.0 cm³/mol. The molecular formula is C12H25N3O2. The minimum Gasteiger partial charge on any atom is -0.469 e. The quantitative estimate of drug-likeness (QED) is 0.442. The molecule has 2 N–H and O–H groups in total. The monoisotopic (exact) mass is 243 g/mol. The molecule has 0 saturated carbocycles. The Bertz CT molecular complexity index is 269. The number of hydrogen-bond donors (Lipinski definition) is 2. The SMILES string of the molecule is CCNC(=NCC(C)C(=O)OC)NC(C)(C)C. The van der Waals surface area contributed by atoms with Crippen molar-refractivity contribution < 1.29 is 9.53 Å². The van der Waals surface area contributed by atoms with E-state index >= 15 is 0 Å². The highest BCUT2D eigenvalue weighted by Gasteiger charge is 2.15. The van der Waals surface area contributed by atoms with Gasteiger partial charge < -0.3 is 15.4 Å². The fourth-order valence-corrected chi connectivity index (χ4v) is 1.17. The molecule has 0 bridgehead atoms. The molecule has 0 aromatic rings. The third-order valence-corrected chi connectivity index (χ3v) is 1.96. The van der Waals surface area contributed by atoms with E-state index in [2.05, 4.69) is 41.1 Å². The zero-order valence-electron chi connectivity index (χ0n) is 11.8. The second-order valence-electron chi connectivity index (χ2n) is 5.02. The molecule has 5 nitrogen and oxygen atoms in total. The van der Waals surface area contributed by atoms with E-state index in [1.807, 2.05) is 6.92 Å². The summed E-state index contributed by atoms with van der Waals surface area (Å²) in [5.74, 6) is 0.256. The number of carbonyl (C=O) groups is 1. The van der Waals surface area contributed by atoms with E-state index in [1.54, 1.807) is 6.92 Å². The third kappa shape index (κ3) is 7.60. The Hall–Kier alpha value is -1.26. The Balaban J connectivity index is 4.44. The molecule has 1 atom stereocenters. The molecule has 0 aliphatic rings. The van der Waals surface area contributed by atoms with Gasteiger partial charge in [-0.15, -0.1) is 0 Å². The van der Waals surface area contributed by atoms with Gasteiger partial charge in [-0.1, -0.05) is 6.92 Å². The van der Waals surface area contributed by atoms with Crippen molar-refractivity contribution in [3.63, 3.8) is 0 Å². The predicted octanol–water partition coefficient (Wildman–Crippen LogP) is 1.15. The number of esters is 1. The zero-order chi connectivity index (χ0) is 13.5. The van der Waals surface area contributed by atoms with Crippen LogP contribution < -0.4 is 10.6 Å². The largest absolute Gasteiger partial charge is 0.469 e. The van der Waals surface area contributed by atoms with Crippen molar-refractivity contribution in [3.05, 3.63) is 0 Å². The van der Waals surface area contributed by atoms with Gasteiger partial charge in [-0.05, 0) is 27.7 Å². The lowest BCUT2D eigenvalue weighted by Gasteiger charge is -2.24. The lowest BCUT2D eigenvalue weighted by atomic mass is 10.1. The van der Waals surface area contributed by atoms with Crippen molar-refractivity contribution in [3.8, 4) is 0 Å². The molecule has 1 unspecified atom stereocenters. The Morgan fingerprint density at radius 1 is 1.41 bits per heavy atom. The van der Waals surface area contributed by atoms with Gasteiger partial charge in [0.2, 0.25) is 0 Å². The fourth-order valence-electron chi connectivity index (χ4n) is 1.17. The number of hydrogen-bond acceptors (Lipinski definition) is 3. The summed E-state index contributed by atoms with van der Waals surface area (Å²) < 4.78 is 4.66. The highest BCUT2D eigenvalue weighted by Crippen LogP contribution is 2.00. The minimum absolute atomic E-state index is 0.0600.